The Hall–Kier alpha value is -1.84. The van der Waals surface area contributed by atoms with Crippen LogP contribution in [-0.2, 0) is 16.0 Å². The normalized spacial score (nSPS) is 22.8. The number of nitrogens with one attached hydrogen (secondary N) is 1. The molecule has 1 aliphatic carbocycles. The van der Waals surface area contributed by atoms with Crippen LogP contribution in [0.3, 0.4) is 0 Å². The fourth-order valence-electron chi connectivity index (χ4n) is 2.85. The molecule has 0 heterocycles. The highest BCUT2D eigenvalue weighted by atomic mass is 16.4. The third-order valence-corrected chi connectivity index (χ3v) is 4.24. The van der Waals surface area contributed by atoms with E-state index in [1.807, 2.05) is 26.0 Å². The molecule has 114 valence electrons. The molecule has 1 aliphatic rings. The van der Waals surface area contributed by atoms with Gasteiger partial charge in [0.25, 0.3) is 0 Å². The number of carboxylic acid groups (broad SMARTS) is 1. The van der Waals surface area contributed by atoms with Crippen molar-refractivity contribution in [3.05, 3.63) is 35.4 Å². The number of rotatable bonds is 5. The second kappa shape index (κ2) is 6.74. The summed E-state index contributed by atoms with van der Waals surface area (Å²) in [6.45, 7) is 3.96. The summed E-state index contributed by atoms with van der Waals surface area (Å²) in [4.78, 5) is 23.1. The number of aryl methyl sites for hydroxylation is 1. The Kier molecular flexibility index (Phi) is 4.99. The second-order valence-electron chi connectivity index (χ2n) is 6.14. The molecule has 1 aromatic carbocycles. The first-order valence-electron chi connectivity index (χ1n) is 7.54. The van der Waals surface area contributed by atoms with E-state index in [9.17, 15) is 9.59 Å². The zero-order valence-electron chi connectivity index (χ0n) is 12.6. The van der Waals surface area contributed by atoms with Crippen molar-refractivity contribution in [2.75, 3.05) is 0 Å². The molecule has 0 spiro atoms. The number of amides is 1. The number of carboxylic acids is 1. The van der Waals surface area contributed by atoms with Gasteiger partial charge in [-0.1, -0.05) is 36.8 Å². The summed E-state index contributed by atoms with van der Waals surface area (Å²) in [6.07, 6.45) is 2.69. The molecule has 1 fully saturated rings. The van der Waals surface area contributed by atoms with E-state index >= 15 is 0 Å². The van der Waals surface area contributed by atoms with Crippen molar-refractivity contribution in [1.29, 1.82) is 0 Å². The molecule has 4 heteroatoms. The monoisotopic (exact) mass is 289 g/mol. The third-order valence-electron chi connectivity index (χ3n) is 4.24. The maximum atomic E-state index is 12.2. The van der Waals surface area contributed by atoms with Gasteiger partial charge < -0.3 is 10.4 Å². The molecule has 2 N–H and O–H groups in total. The van der Waals surface area contributed by atoms with E-state index in [4.69, 9.17) is 5.11 Å². The van der Waals surface area contributed by atoms with Crippen LogP contribution in [0.1, 0.15) is 37.3 Å². The van der Waals surface area contributed by atoms with E-state index in [0.29, 0.717) is 19.3 Å². The van der Waals surface area contributed by atoms with Crippen LogP contribution in [0, 0.1) is 18.8 Å². The Morgan fingerprint density at radius 2 is 1.95 bits per heavy atom. The lowest BCUT2D eigenvalue weighted by molar-refractivity contribution is -0.141. The Balaban J connectivity index is 1.83. The average Bonchev–Trinajstić information content (AvgIpc) is 2.90. The second-order valence-corrected chi connectivity index (χ2v) is 6.14. The lowest BCUT2D eigenvalue weighted by Gasteiger charge is -2.17. The lowest BCUT2D eigenvalue weighted by Crippen LogP contribution is -2.37. The van der Waals surface area contributed by atoms with Crippen molar-refractivity contribution in [3.63, 3.8) is 0 Å². The Morgan fingerprint density at radius 1 is 1.29 bits per heavy atom. The SMILES string of the molecule is Cc1ccc(CC(C)C(=O)N[C@@H]2CC[C@H](C(=O)O)C2)cc1. The van der Waals surface area contributed by atoms with Crippen molar-refractivity contribution in [2.24, 2.45) is 11.8 Å². The molecule has 1 saturated carbocycles. The van der Waals surface area contributed by atoms with Crippen LogP contribution in [0.5, 0.6) is 0 Å². The summed E-state index contributed by atoms with van der Waals surface area (Å²) in [6, 6.07) is 8.21. The van der Waals surface area contributed by atoms with E-state index < -0.39 is 5.97 Å². The Bertz CT molecular complexity index is 509. The largest absolute Gasteiger partial charge is 0.481 e. The van der Waals surface area contributed by atoms with Gasteiger partial charge in [-0.15, -0.1) is 0 Å². The number of aliphatic carboxylic acids is 1. The minimum atomic E-state index is -0.751. The smallest absolute Gasteiger partial charge is 0.306 e. The maximum Gasteiger partial charge on any atom is 0.306 e. The molecule has 0 radical (unpaired) electrons. The van der Waals surface area contributed by atoms with Crippen molar-refractivity contribution in [1.82, 2.24) is 5.32 Å². The molecule has 4 nitrogen and oxygen atoms in total. The summed E-state index contributed by atoms with van der Waals surface area (Å²) in [5.41, 5.74) is 2.36. The van der Waals surface area contributed by atoms with Gasteiger partial charge in [0.2, 0.25) is 5.91 Å². The fraction of sp³-hybridized carbons (Fsp3) is 0.529. The highest BCUT2D eigenvalue weighted by Gasteiger charge is 2.31. The molecule has 1 unspecified atom stereocenters. The van der Waals surface area contributed by atoms with Gasteiger partial charge in [-0.25, -0.2) is 0 Å². The molecule has 0 saturated heterocycles. The zero-order valence-corrected chi connectivity index (χ0v) is 12.6. The number of carbonyl (C=O) groups is 2. The summed E-state index contributed by atoms with van der Waals surface area (Å²) in [7, 11) is 0. The minimum absolute atomic E-state index is 0.0130. The van der Waals surface area contributed by atoms with Crippen LogP contribution in [0.25, 0.3) is 0 Å². The van der Waals surface area contributed by atoms with Gasteiger partial charge in [0.1, 0.15) is 0 Å². The van der Waals surface area contributed by atoms with Crippen LogP contribution in [0.2, 0.25) is 0 Å². The first-order valence-corrected chi connectivity index (χ1v) is 7.54. The van der Waals surface area contributed by atoms with E-state index in [-0.39, 0.29) is 23.8 Å². The average molecular weight is 289 g/mol. The molecule has 0 aromatic heterocycles. The first-order chi connectivity index (χ1) is 9.95. The van der Waals surface area contributed by atoms with Gasteiger partial charge in [0.05, 0.1) is 5.92 Å². The molecule has 1 amide bonds. The first kappa shape index (κ1) is 15.5. The van der Waals surface area contributed by atoms with Crippen molar-refractivity contribution < 1.29 is 14.7 Å². The fourth-order valence-corrected chi connectivity index (χ4v) is 2.85. The molecule has 1 aromatic rings. The maximum absolute atomic E-state index is 12.2. The summed E-state index contributed by atoms with van der Waals surface area (Å²) >= 11 is 0. The molecule has 3 atom stereocenters. The third kappa shape index (κ3) is 4.31. The van der Waals surface area contributed by atoms with Gasteiger partial charge in [-0.2, -0.15) is 0 Å². The molecule has 21 heavy (non-hydrogen) atoms. The van der Waals surface area contributed by atoms with Crippen molar-refractivity contribution in [2.45, 2.75) is 45.6 Å². The van der Waals surface area contributed by atoms with Crippen LogP contribution in [0.15, 0.2) is 24.3 Å². The van der Waals surface area contributed by atoms with E-state index in [0.717, 1.165) is 12.0 Å². The number of hydrogen-bond donors (Lipinski definition) is 2. The van der Waals surface area contributed by atoms with Gasteiger partial charge in [-0.05, 0) is 38.2 Å². The van der Waals surface area contributed by atoms with E-state index in [2.05, 4.69) is 17.4 Å². The predicted octanol–water partition coefficient (Wildman–Crippen LogP) is 2.54. The highest BCUT2D eigenvalue weighted by molar-refractivity contribution is 5.79. The van der Waals surface area contributed by atoms with Crippen molar-refractivity contribution >= 4 is 11.9 Å². The van der Waals surface area contributed by atoms with Crippen molar-refractivity contribution in [3.8, 4) is 0 Å². The summed E-state index contributed by atoms with van der Waals surface area (Å²) < 4.78 is 0. The van der Waals surface area contributed by atoms with Gasteiger partial charge in [0, 0.05) is 12.0 Å². The molecular formula is C17H23NO3. The van der Waals surface area contributed by atoms with Gasteiger partial charge in [-0.3, -0.25) is 9.59 Å². The number of carbonyl (C=O) groups excluding carboxylic acids is 1. The van der Waals surface area contributed by atoms with Crippen LogP contribution in [0.4, 0.5) is 0 Å². The Morgan fingerprint density at radius 3 is 2.52 bits per heavy atom. The number of benzene rings is 1. The zero-order chi connectivity index (χ0) is 15.4. The predicted molar refractivity (Wildman–Crippen MR) is 81.0 cm³/mol. The van der Waals surface area contributed by atoms with E-state index in [1.54, 1.807) is 0 Å². The highest BCUT2D eigenvalue weighted by Crippen LogP contribution is 2.26. The molecule has 0 bridgehead atoms. The van der Waals surface area contributed by atoms with Gasteiger partial charge >= 0.3 is 5.97 Å². The summed E-state index contributed by atoms with van der Waals surface area (Å²) in [5.74, 6) is -1.13. The summed E-state index contributed by atoms with van der Waals surface area (Å²) in [5, 5.41) is 12.0. The topological polar surface area (TPSA) is 66.4 Å². The van der Waals surface area contributed by atoms with Crippen LogP contribution >= 0.6 is 0 Å². The van der Waals surface area contributed by atoms with E-state index in [1.165, 1.54) is 5.56 Å². The quantitative estimate of drug-likeness (QED) is 0.875. The lowest BCUT2D eigenvalue weighted by atomic mass is 9.99. The molecule has 0 aliphatic heterocycles. The standard InChI is InChI=1S/C17H23NO3/c1-11-3-5-13(6-4-11)9-12(2)16(19)18-15-8-7-14(10-15)17(20)21/h3-6,12,14-15H,7-10H2,1-2H3,(H,18,19)(H,20,21)/t12?,14-,15+/m0/s1. The Labute approximate surface area is 125 Å². The van der Waals surface area contributed by atoms with Gasteiger partial charge in [0.15, 0.2) is 0 Å². The number of hydrogen-bond acceptors (Lipinski definition) is 2. The molecular weight excluding hydrogens is 266 g/mol. The molecule has 2 rings (SSSR count). The van der Waals surface area contributed by atoms with Crippen LogP contribution < -0.4 is 5.32 Å². The van der Waals surface area contributed by atoms with Crippen LogP contribution in [-0.4, -0.2) is 23.0 Å². The minimum Gasteiger partial charge on any atom is -0.481 e.